The fourth-order valence-corrected chi connectivity index (χ4v) is 12.5. The topological polar surface area (TPSA) is 35.8 Å². The first-order chi connectivity index (χ1) is 38.2. The van der Waals surface area contributed by atoms with Gasteiger partial charge in [-0.25, -0.2) is 0 Å². The van der Waals surface area contributed by atoms with Crippen LogP contribution in [0.4, 0.5) is 0 Å². The number of aryl methyl sites for hydroxylation is 1. The van der Waals surface area contributed by atoms with Crippen LogP contribution in [0.25, 0.3) is 109 Å². The monoisotopic (exact) mass is 1200 g/mol. The molecule has 4 nitrogen and oxygen atoms in total. The molecule has 0 atom stereocenters. The van der Waals surface area contributed by atoms with E-state index >= 15 is 0 Å². The molecule has 0 aliphatic heterocycles. The Hall–Kier alpha value is -7.47. The van der Waals surface area contributed by atoms with Gasteiger partial charge in [-0.2, -0.15) is 11.3 Å². The van der Waals surface area contributed by atoms with Gasteiger partial charge in [-0.3, -0.25) is 9.97 Å². The molecule has 13 aromatic rings. The summed E-state index contributed by atoms with van der Waals surface area (Å²) in [6.07, 6.45) is 0. The zero-order chi connectivity index (χ0) is 54.9. The molecule has 0 bridgehead atoms. The second-order valence-electron chi connectivity index (χ2n) is 21.3. The molecule has 0 aliphatic carbocycles. The van der Waals surface area contributed by atoms with E-state index < -0.39 is 6.85 Å². The third-order valence-corrected chi connectivity index (χ3v) is 16.2. The van der Waals surface area contributed by atoms with Gasteiger partial charge in [0.15, 0.2) is 0 Å². The maximum atomic E-state index is 8.30. The van der Waals surface area contributed by atoms with Crippen LogP contribution in [0.1, 0.15) is 111 Å². The standard InChI is InChI=1S/C46H37N2S.C25H25N2.Ir/c1-27(2)37-23-31(30-14-7-6-8-15-30)24-38(28(3)4)44(37)48-42-21-12-11-20-41(42)47-46(48)36-19-13-18-35-40-26-39-32(25-43(40)49-45(35)36)22-29(5)33-16-9-10-17-34(33)39;1-17(2)20-13-10-14-21(18(3)4)24(20)27-23-16-9-8-15-22(23)26-25(27)19-11-6-5-7-12-19;/h6-18,20-28H,1-5H3;5-11,13-18H,1-4H3;/q2*-1;+3/i5D3;;. The number of imidazole rings is 2. The molecular formula is C71H62IrN4S+. The van der Waals surface area contributed by atoms with E-state index in [0.29, 0.717) is 17.4 Å². The minimum atomic E-state index is -2.22. The van der Waals surface area contributed by atoms with Gasteiger partial charge in [-0.1, -0.05) is 169 Å². The fourth-order valence-electron chi connectivity index (χ4n) is 11.3. The van der Waals surface area contributed by atoms with E-state index in [2.05, 4.69) is 210 Å². The molecule has 10 aromatic carbocycles. The summed E-state index contributed by atoms with van der Waals surface area (Å²) in [7, 11) is 0. The Balaban J connectivity index is 0.000000203. The number of fused-ring (bicyclic) bond motifs is 8. The zero-order valence-corrected chi connectivity index (χ0v) is 47.9. The molecule has 0 N–H and O–H groups in total. The molecule has 0 radical (unpaired) electrons. The van der Waals surface area contributed by atoms with Crippen molar-refractivity contribution in [2.24, 2.45) is 0 Å². The summed E-state index contributed by atoms with van der Waals surface area (Å²) in [5, 5.41) is 6.01. The van der Waals surface area contributed by atoms with Crippen molar-refractivity contribution in [1.29, 1.82) is 0 Å². The summed E-state index contributed by atoms with van der Waals surface area (Å²) >= 11 is 1.73. The Morgan fingerprint density at radius 3 is 1.92 bits per heavy atom. The number of para-hydroxylation sites is 5. The maximum Gasteiger partial charge on any atom is 3.00 e. The average Bonchev–Trinajstić information content (AvgIpc) is 4.29. The second kappa shape index (κ2) is 21.2. The molecule has 0 spiro atoms. The van der Waals surface area contributed by atoms with E-state index in [1.807, 2.05) is 54.6 Å². The van der Waals surface area contributed by atoms with Gasteiger partial charge in [0, 0.05) is 20.2 Å². The van der Waals surface area contributed by atoms with E-state index in [4.69, 9.17) is 14.1 Å². The van der Waals surface area contributed by atoms with Crippen LogP contribution in [0.5, 0.6) is 0 Å². The van der Waals surface area contributed by atoms with Crippen molar-refractivity contribution in [3.05, 3.63) is 228 Å². The smallest absolute Gasteiger partial charge is 0.333 e. The van der Waals surface area contributed by atoms with Gasteiger partial charge in [0.1, 0.15) is 0 Å². The van der Waals surface area contributed by atoms with Crippen molar-refractivity contribution in [3.63, 3.8) is 0 Å². The average molecular weight is 1200 g/mol. The van der Waals surface area contributed by atoms with Crippen molar-refractivity contribution >= 4 is 75.1 Å². The van der Waals surface area contributed by atoms with E-state index in [9.17, 15) is 0 Å². The van der Waals surface area contributed by atoms with Crippen molar-refractivity contribution < 1.29 is 28.8 Å². The summed E-state index contributed by atoms with van der Waals surface area (Å²) < 4.78 is 31.9. The van der Waals surface area contributed by atoms with Crippen LogP contribution in [0.15, 0.2) is 188 Å². The molecule has 3 aromatic heterocycles. The first-order valence-electron chi connectivity index (χ1n) is 28.2. The Kier molecular flexibility index (Phi) is 13.2. The minimum Gasteiger partial charge on any atom is -0.333 e. The van der Waals surface area contributed by atoms with Gasteiger partial charge < -0.3 is 9.13 Å². The van der Waals surface area contributed by atoms with Crippen LogP contribution in [-0.2, 0) is 20.1 Å². The van der Waals surface area contributed by atoms with Crippen LogP contribution < -0.4 is 9.55 Å². The predicted molar refractivity (Wildman–Crippen MR) is 323 cm³/mol. The van der Waals surface area contributed by atoms with Crippen LogP contribution in [0.2, 0.25) is 0 Å². The van der Waals surface area contributed by atoms with E-state index in [1.165, 1.54) is 44.8 Å². The third-order valence-electron chi connectivity index (χ3n) is 15.0. The molecule has 0 saturated heterocycles. The van der Waals surface area contributed by atoms with Gasteiger partial charge >= 0.3 is 20.1 Å². The molecule has 0 saturated carbocycles. The molecular weight excluding hydrogens is 1130 g/mol. The Morgan fingerprint density at radius 1 is 0.558 bits per heavy atom. The largest absolute Gasteiger partial charge is 3.00 e. The van der Waals surface area contributed by atoms with Crippen LogP contribution >= 0.6 is 11.3 Å². The number of rotatable bonds is 9. The quantitative estimate of drug-likeness (QED) is 0.0820. The van der Waals surface area contributed by atoms with Crippen LogP contribution in [0, 0.1) is 19.0 Å². The maximum absolute atomic E-state index is 8.30. The number of hydrogen-bond donors (Lipinski definition) is 0. The molecule has 0 unspecified atom stereocenters. The summed E-state index contributed by atoms with van der Waals surface area (Å²) in [4.78, 5) is 10.4. The number of thiophene rings is 1. The third kappa shape index (κ3) is 9.20. The van der Waals surface area contributed by atoms with Gasteiger partial charge in [-0.05, 0) is 150 Å². The minimum absolute atomic E-state index is 0. The Labute approximate surface area is 474 Å². The SMILES string of the molecule is CC(C)c1cccc(C(C)C)c1-n1c(-c2[c-]cccc2)nc2ccccc21.[2H]C([2H])([2H])c1cc2cc3sc4c(-c5[n-]c6ccccc6[n+]5-c5c(C(C)C)cc(-c6ccccc6)cc5C(C)C)[c-]ccc4c3cc2c2ccccc12.[Ir+3]. The summed E-state index contributed by atoms with van der Waals surface area (Å²) in [5.41, 5.74) is 16.7. The number of hydrogen-bond acceptors (Lipinski definition) is 2. The van der Waals surface area contributed by atoms with Crippen molar-refractivity contribution in [3.8, 4) is 45.3 Å². The summed E-state index contributed by atoms with van der Waals surface area (Å²) in [5.74, 6) is 3.19. The van der Waals surface area contributed by atoms with E-state index in [0.717, 1.165) is 86.6 Å². The zero-order valence-electron chi connectivity index (χ0n) is 47.7. The van der Waals surface area contributed by atoms with Crippen LogP contribution in [0.3, 0.4) is 0 Å². The normalized spacial score (nSPS) is 12.5. The number of nitrogens with zero attached hydrogens (tertiary/aromatic N) is 4. The Bertz CT molecular complexity index is 4380. The van der Waals surface area contributed by atoms with Crippen molar-refractivity contribution in [2.75, 3.05) is 0 Å². The van der Waals surface area contributed by atoms with Gasteiger partial charge in [0.2, 0.25) is 0 Å². The molecule has 0 aliphatic rings. The first kappa shape index (κ1) is 47.9. The molecule has 0 amide bonds. The fraction of sp³-hybridized carbons (Fsp3) is 0.183. The molecule has 77 heavy (non-hydrogen) atoms. The van der Waals surface area contributed by atoms with Gasteiger partial charge in [-0.15, -0.1) is 54.1 Å². The number of benzene rings is 10. The second-order valence-corrected chi connectivity index (χ2v) is 22.4. The first-order valence-corrected chi connectivity index (χ1v) is 27.5. The van der Waals surface area contributed by atoms with E-state index in [-0.39, 0.29) is 31.9 Å². The van der Waals surface area contributed by atoms with Crippen molar-refractivity contribution in [2.45, 2.75) is 85.9 Å². The van der Waals surface area contributed by atoms with E-state index in [1.54, 1.807) is 11.3 Å². The Morgan fingerprint density at radius 2 is 1.22 bits per heavy atom. The molecule has 3 heterocycles. The molecule has 6 heteroatoms. The van der Waals surface area contributed by atoms with Crippen molar-refractivity contribution in [1.82, 2.24) is 14.5 Å². The molecule has 0 fully saturated rings. The van der Waals surface area contributed by atoms with Gasteiger partial charge in [0.05, 0.1) is 33.7 Å². The number of aromatic nitrogens is 4. The summed E-state index contributed by atoms with van der Waals surface area (Å²) in [6.45, 7) is 15.9. The summed E-state index contributed by atoms with van der Waals surface area (Å²) in [6, 6.07) is 72.3. The molecule has 13 rings (SSSR count). The van der Waals surface area contributed by atoms with Crippen LogP contribution in [-0.4, -0.2) is 9.55 Å². The predicted octanol–water partition coefficient (Wildman–Crippen LogP) is 19.2. The van der Waals surface area contributed by atoms with Gasteiger partial charge in [0.25, 0.3) is 0 Å². The molecule has 380 valence electrons.